The van der Waals surface area contributed by atoms with Crippen molar-refractivity contribution in [3.8, 4) is 11.5 Å². The van der Waals surface area contributed by atoms with Crippen LogP contribution < -0.4 is 4.74 Å². The van der Waals surface area contributed by atoms with Crippen LogP contribution in [0.25, 0.3) is 27.9 Å². The molecule has 4 nitrogen and oxygen atoms in total. The summed E-state index contributed by atoms with van der Waals surface area (Å²) in [5, 5.41) is 12.1. The molecule has 0 unspecified atom stereocenters. The number of nitrogens with zero attached hydrogens (tertiary/aromatic N) is 1. The average Bonchev–Trinajstić information content (AvgIpc) is 3.10. The maximum atomic E-state index is 12.4. The van der Waals surface area contributed by atoms with Gasteiger partial charge in [-0.2, -0.15) is 0 Å². The Hall–Kier alpha value is -3.53. The Morgan fingerprint density at radius 3 is 2.63 bits per heavy atom. The minimum Gasteiger partial charge on any atom is -0.504 e. The van der Waals surface area contributed by atoms with Gasteiger partial charge < -0.3 is 14.4 Å². The monoisotopic (exact) mass is 399 g/mol. The third-order valence-corrected chi connectivity index (χ3v) is 5.48. The molecule has 0 saturated heterocycles. The van der Waals surface area contributed by atoms with Crippen molar-refractivity contribution in [1.29, 1.82) is 0 Å². The molecule has 4 rings (SSSR count). The number of aromatic hydroxyl groups is 1. The van der Waals surface area contributed by atoms with E-state index in [1.165, 1.54) is 28.9 Å². The van der Waals surface area contributed by atoms with Gasteiger partial charge in [-0.3, -0.25) is 4.79 Å². The fourth-order valence-corrected chi connectivity index (χ4v) is 3.93. The van der Waals surface area contributed by atoms with E-state index in [2.05, 4.69) is 54.0 Å². The Morgan fingerprint density at radius 2 is 1.83 bits per heavy atom. The Balaban J connectivity index is 1.51. The van der Waals surface area contributed by atoms with Gasteiger partial charge in [0.25, 0.3) is 0 Å². The Bertz CT molecular complexity index is 1250. The molecule has 1 heterocycles. The van der Waals surface area contributed by atoms with Crippen molar-refractivity contribution < 1.29 is 14.6 Å². The van der Waals surface area contributed by atoms with Gasteiger partial charge in [0.1, 0.15) is 0 Å². The van der Waals surface area contributed by atoms with Crippen LogP contribution in [0.3, 0.4) is 0 Å². The highest BCUT2D eigenvalue weighted by atomic mass is 16.5. The minimum atomic E-state index is 0.0677. The van der Waals surface area contributed by atoms with E-state index in [4.69, 9.17) is 4.74 Å². The number of phenols is 1. The summed E-state index contributed by atoms with van der Waals surface area (Å²) >= 11 is 0. The molecule has 0 amide bonds. The smallest absolute Gasteiger partial charge is 0.160 e. The maximum Gasteiger partial charge on any atom is 0.160 e. The van der Waals surface area contributed by atoms with Crippen LogP contribution in [0.1, 0.15) is 24.5 Å². The number of aryl methyl sites for hydroxylation is 2. The third-order valence-electron chi connectivity index (χ3n) is 5.48. The Morgan fingerprint density at radius 1 is 1.03 bits per heavy atom. The number of carbonyl (C=O) groups is 1. The van der Waals surface area contributed by atoms with Crippen LogP contribution in [0.15, 0.2) is 66.7 Å². The third kappa shape index (κ3) is 3.81. The molecule has 0 aliphatic rings. The zero-order valence-electron chi connectivity index (χ0n) is 17.3. The number of aromatic nitrogens is 1. The molecule has 0 atom stereocenters. The lowest BCUT2D eigenvalue weighted by Crippen LogP contribution is -1.96. The van der Waals surface area contributed by atoms with Crippen molar-refractivity contribution in [3.63, 3.8) is 0 Å². The van der Waals surface area contributed by atoms with E-state index in [9.17, 15) is 9.90 Å². The molecule has 30 heavy (non-hydrogen) atoms. The van der Waals surface area contributed by atoms with Gasteiger partial charge in [-0.1, -0.05) is 36.4 Å². The summed E-state index contributed by atoms with van der Waals surface area (Å²) in [6.07, 6.45) is 4.54. The van der Waals surface area contributed by atoms with Gasteiger partial charge in [-0.25, -0.2) is 0 Å². The standard InChI is InChI=1S/C26H25NO3/c1-3-27-23-7-5-4-6-21(23)22-16-18(10-14-24(22)27)8-12-20(28)13-9-19-11-15-25(29)26(17-19)30-2/h4-8,10-12,14-17,29H,3,9,13H2,1-2H3/b12-8+. The summed E-state index contributed by atoms with van der Waals surface area (Å²) in [5.41, 5.74) is 4.42. The molecule has 0 saturated carbocycles. The first-order valence-corrected chi connectivity index (χ1v) is 10.2. The van der Waals surface area contributed by atoms with E-state index >= 15 is 0 Å². The highest BCUT2D eigenvalue weighted by molar-refractivity contribution is 6.08. The molecule has 4 heteroatoms. The molecule has 0 bridgehead atoms. The number of rotatable bonds is 7. The second-order valence-corrected chi connectivity index (χ2v) is 7.34. The fraction of sp³-hybridized carbons (Fsp3) is 0.192. The van der Waals surface area contributed by atoms with Crippen LogP contribution in [-0.4, -0.2) is 22.6 Å². The summed E-state index contributed by atoms with van der Waals surface area (Å²) in [4.78, 5) is 12.4. The molecule has 0 aliphatic heterocycles. The van der Waals surface area contributed by atoms with Crippen LogP contribution in [-0.2, 0) is 17.8 Å². The molecule has 152 valence electrons. The number of ketones is 1. The van der Waals surface area contributed by atoms with E-state index < -0.39 is 0 Å². The summed E-state index contributed by atoms with van der Waals surface area (Å²) < 4.78 is 7.44. The van der Waals surface area contributed by atoms with E-state index in [0.717, 1.165) is 17.7 Å². The summed E-state index contributed by atoms with van der Waals surface area (Å²) in [7, 11) is 1.52. The van der Waals surface area contributed by atoms with E-state index in [1.807, 2.05) is 12.1 Å². The number of benzene rings is 3. The number of methoxy groups -OCH3 is 1. The zero-order valence-corrected chi connectivity index (χ0v) is 17.3. The normalized spacial score (nSPS) is 11.5. The van der Waals surface area contributed by atoms with Crippen LogP contribution in [0, 0.1) is 0 Å². The van der Waals surface area contributed by atoms with Crippen molar-refractivity contribution in [3.05, 3.63) is 77.9 Å². The first-order chi connectivity index (χ1) is 14.6. The quantitative estimate of drug-likeness (QED) is 0.403. The SMILES string of the molecule is CCn1c2ccccc2c2cc(/C=C/C(=O)CCc3ccc(O)c(OC)c3)ccc21. The molecule has 3 aromatic carbocycles. The minimum absolute atomic E-state index is 0.0677. The molecule has 4 aromatic rings. The van der Waals surface area contributed by atoms with E-state index in [-0.39, 0.29) is 11.5 Å². The second kappa shape index (κ2) is 8.46. The number of ether oxygens (including phenoxy) is 1. The van der Waals surface area contributed by atoms with Gasteiger partial charge >= 0.3 is 0 Å². The lowest BCUT2D eigenvalue weighted by atomic mass is 10.1. The molecule has 0 spiro atoms. The van der Waals surface area contributed by atoms with Crippen LogP contribution in [0.5, 0.6) is 11.5 Å². The Labute approximate surface area is 176 Å². The highest BCUT2D eigenvalue weighted by Gasteiger charge is 2.09. The van der Waals surface area contributed by atoms with Gasteiger partial charge in [0.15, 0.2) is 17.3 Å². The van der Waals surface area contributed by atoms with Gasteiger partial charge in [-0.05, 0) is 60.9 Å². The number of para-hydroxylation sites is 1. The van der Waals surface area contributed by atoms with Gasteiger partial charge in [0.2, 0.25) is 0 Å². The molecule has 0 aliphatic carbocycles. The lowest BCUT2D eigenvalue weighted by Gasteiger charge is -2.05. The van der Waals surface area contributed by atoms with Crippen LogP contribution in [0.4, 0.5) is 0 Å². The molecule has 0 radical (unpaired) electrons. The number of fused-ring (bicyclic) bond motifs is 3. The summed E-state index contributed by atoms with van der Waals surface area (Å²) in [6.45, 7) is 3.07. The van der Waals surface area contributed by atoms with Gasteiger partial charge in [-0.15, -0.1) is 0 Å². The van der Waals surface area contributed by atoms with Crippen molar-refractivity contribution in [1.82, 2.24) is 4.57 Å². The second-order valence-electron chi connectivity index (χ2n) is 7.34. The molecular weight excluding hydrogens is 374 g/mol. The fourth-order valence-electron chi connectivity index (χ4n) is 3.93. The number of phenolic OH excluding ortho intramolecular Hbond substituents is 1. The summed E-state index contributed by atoms with van der Waals surface area (Å²) in [5.74, 6) is 0.598. The van der Waals surface area contributed by atoms with Crippen molar-refractivity contribution in [2.45, 2.75) is 26.3 Å². The largest absolute Gasteiger partial charge is 0.504 e. The van der Waals surface area contributed by atoms with E-state index in [1.54, 1.807) is 18.2 Å². The van der Waals surface area contributed by atoms with Gasteiger partial charge in [0, 0.05) is 34.8 Å². The predicted molar refractivity (Wildman–Crippen MR) is 122 cm³/mol. The van der Waals surface area contributed by atoms with E-state index in [0.29, 0.717) is 18.6 Å². The molecule has 1 N–H and O–H groups in total. The highest BCUT2D eigenvalue weighted by Crippen LogP contribution is 2.30. The molecule has 1 aromatic heterocycles. The number of allylic oxidation sites excluding steroid dienone is 1. The maximum absolute atomic E-state index is 12.4. The van der Waals surface area contributed by atoms with Crippen molar-refractivity contribution >= 4 is 33.7 Å². The molecule has 0 fully saturated rings. The summed E-state index contributed by atoms with van der Waals surface area (Å²) in [6, 6.07) is 19.9. The first kappa shape index (κ1) is 19.8. The predicted octanol–water partition coefficient (Wildman–Crippen LogP) is 5.74. The lowest BCUT2D eigenvalue weighted by molar-refractivity contribution is -0.114. The number of hydrogen-bond donors (Lipinski definition) is 1. The zero-order chi connectivity index (χ0) is 21.1. The van der Waals surface area contributed by atoms with Gasteiger partial charge in [0.05, 0.1) is 7.11 Å². The topological polar surface area (TPSA) is 51.5 Å². The van der Waals surface area contributed by atoms with Crippen molar-refractivity contribution in [2.24, 2.45) is 0 Å². The Kier molecular flexibility index (Phi) is 5.57. The van der Waals surface area contributed by atoms with Crippen LogP contribution in [0.2, 0.25) is 0 Å². The number of carbonyl (C=O) groups excluding carboxylic acids is 1. The average molecular weight is 399 g/mol. The van der Waals surface area contributed by atoms with Crippen LogP contribution >= 0.6 is 0 Å². The first-order valence-electron chi connectivity index (χ1n) is 10.2. The molecular formula is C26H25NO3. The van der Waals surface area contributed by atoms with Crippen molar-refractivity contribution in [2.75, 3.05) is 7.11 Å². The number of hydrogen-bond acceptors (Lipinski definition) is 3.